The molecule has 0 bridgehead atoms. The Hall–Kier alpha value is -3.31. The van der Waals surface area contributed by atoms with E-state index in [2.05, 4.69) is 14.9 Å². The second kappa shape index (κ2) is 8.20. The highest BCUT2D eigenvalue weighted by Gasteiger charge is 2.21. The van der Waals surface area contributed by atoms with E-state index < -0.39 is 11.6 Å². The molecule has 1 aliphatic heterocycles. The molecule has 0 radical (unpaired) electrons. The van der Waals surface area contributed by atoms with Gasteiger partial charge in [0.05, 0.1) is 16.8 Å². The Morgan fingerprint density at radius 3 is 2.67 bits per heavy atom. The second-order valence-corrected chi connectivity index (χ2v) is 7.35. The highest BCUT2D eigenvalue weighted by atomic mass is 19.1. The Balaban J connectivity index is 1.48. The third-order valence-electron chi connectivity index (χ3n) is 5.43. The number of halogens is 2. The lowest BCUT2D eigenvalue weighted by Crippen LogP contribution is -2.46. The molecule has 1 saturated heterocycles. The van der Waals surface area contributed by atoms with Crippen molar-refractivity contribution in [1.29, 1.82) is 5.26 Å². The van der Waals surface area contributed by atoms with E-state index in [-0.39, 0.29) is 16.6 Å². The Kier molecular flexibility index (Phi) is 5.46. The van der Waals surface area contributed by atoms with Gasteiger partial charge < -0.3 is 9.88 Å². The van der Waals surface area contributed by atoms with Crippen LogP contribution in [0.3, 0.4) is 0 Å². The van der Waals surface area contributed by atoms with Crippen LogP contribution in [0.5, 0.6) is 0 Å². The Bertz CT molecular complexity index is 1190. The molecular weight excluding hydrogens is 388 g/mol. The third-order valence-corrected chi connectivity index (χ3v) is 5.43. The number of aromatic amines is 1. The van der Waals surface area contributed by atoms with E-state index in [4.69, 9.17) is 5.26 Å². The Labute approximate surface area is 172 Å². The predicted molar refractivity (Wildman–Crippen MR) is 110 cm³/mol. The molecule has 1 aliphatic rings. The van der Waals surface area contributed by atoms with E-state index in [1.165, 1.54) is 12.1 Å². The number of nitriles is 1. The molecule has 0 spiro atoms. The van der Waals surface area contributed by atoms with Crippen LogP contribution in [0.1, 0.15) is 23.7 Å². The molecule has 1 N–H and O–H groups in total. The van der Waals surface area contributed by atoms with Gasteiger partial charge in [0.25, 0.3) is 5.56 Å². The maximum Gasteiger partial charge on any atom is 0.270 e. The van der Waals surface area contributed by atoms with Crippen molar-refractivity contribution in [2.75, 3.05) is 31.1 Å². The van der Waals surface area contributed by atoms with Gasteiger partial charge in [0.15, 0.2) is 11.6 Å². The predicted octanol–water partition coefficient (Wildman–Crippen LogP) is 2.96. The van der Waals surface area contributed by atoms with Crippen molar-refractivity contribution in [1.82, 2.24) is 14.9 Å². The summed E-state index contributed by atoms with van der Waals surface area (Å²) in [4.78, 5) is 22.9. The second-order valence-electron chi connectivity index (χ2n) is 7.35. The third kappa shape index (κ3) is 3.76. The number of fused-ring (bicyclic) bond motifs is 1. The van der Waals surface area contributed by atoms with Crippen LogP contribution in [0, 0.1) is 23.0 Å². The van der Waals surface area contributed by atoms with Crippen molar-refractivity contribution < 1.29 is 8.78 Å². The van der Waals surface area contributed by atoms with Gasteiger partial charge in [-0.1, -0.05) is 13.0 Å². The minimum Gasteiger partial charge on any atom is -0.367 e. The van der Waals surface area contributed by atoms with E-state index in [9.17, 15) is 13.6 Å². The van der Waals surface area contributed by atoms with Gasteiger partial charge in [0.1, 0.15) is 17.3 Å². The summed E-state index contributed by atoms with van der Waals surface area (Å²) in [6.07, 6.45) is 0.439. The molecule has 0 unspecified atom stereocenters. The van der Waals surface area contributed by atoms with Crippen molar-refractivity contribution in [3.05, 3.63) is 69.1 Å². The number of benzene rings is 2. The van der Waals surface area contributed by atoms with Gasteiger partial charge in [-0.25, -0.2) is 13.8 Å². The van der Waals surface area contributed by atoms with E-state index in [0.29, 0.717) is 56.0 Å². The maximum absolute atomic E-state index is 14.6. The molecule has 1 fully saturated rings. The number of piperazine rings is 1. The van der Waals surface area contributed by atoms with E-state index >= 15 is 0 Å². The number of anilines is 1. The maximum atomic E-state index is 14.6. The monoisotopic (exact) mass is 409 g/mol. The van der Waals surface area contributed by atoms with E-state index in [1.807, 2.05) is 11.0 Å². The van der Waals surface area contributed by atoms with Crippen molar-refractivity contribution >= 4 is 16.7 Å². The zero-order valence-corrected chi connectivity index (χ0v) is 16.6. The van der Waals surface area contributed by atoms with Crippen LogP contribution in [-0.2, 0) is 13.0 Å². The van der Waals surface area contributed by atoms with Gasteiger partial charge in [0.2, 0.25) is 0 Å². The molecule has 0 saturated carbocycles. The molecule has 2 aromatic carbocycles. The van der Waals surface area contributed by atoms with Gasteiger partial charge in [-0.3, -0.25) is 9.69 Å². The van der Waals surface area contributed by atoms with Gasteiger partial charge in [0, 0.05) is 32.7 Å². The number of hydrogen-bond acceptors (Lipinski definition) is 5. The molecule has 1 aromatic heterocycles. The molecule has 0 atom stereocenters. The number of H-pyrrole nitrogens is 1. The highest BCUT2D eigenvalue weighted by molar-refractivity contribution is 5.75. The fourth-order valence-electron chi connectivity index (χ4n) is 3.83. The fourth-order valence-corrected chi connectivity index (χ4v) is 3.83. The lowest BCUT2D eigenvalue weighted by atomic mass is 10.1. The summed E-state index contributed by atoms with van der Waals surface area (Å²) in [7, 11) is 0. The molecule has 0 aliphatic carbocycles. The average molecular weight is 409 g/mol. The minimum absolute atomic E-state index is 0.0374. The fraction of sp³-hybridized carbons (Fsp3) is 0.318. The van der Waals surface area contributed by atoms with Crippen molar-refractivity contribution in [3.63, 3.8) is 0 Å². The van der Waals surface area contributed by atoms with Crippen LogP contribution in [0.4, 0.5) is 14.5 Å². The van der Waals surface area contributed by atoms with Crippen molar-refractivity contribution in [2.24, 2.45) is 0 Å². The van der Waals surface area contributed by atoms with Crippen LogP contribution >= 0.6 is 0 Å². The van der Waals surface area contributed by atoms with Crippen LogP contribution in [0.2, 0.25) is 0 Å². The zero-order valence-electron chi connectivity index (χ0n) is 16.6. The first kappa shape index (κ1) is 20.0. The lowest BCUT2D eigenvalue weighted by Gasteiger charge is -2.36. The van der Waals surface area contributed by atoms with Crippen LogP contribution in [-0.4, -0.2) is 41.0 Å². The molecule has 3 aromatic rings. The summed E-state index contributed by atoms with van der Waals surface area (Å²) in [5.41, 5.74) is 1.80. The van der Waals surface area contributed by atoms with Crippen molar-refractivity contribution in [3.8, 4) is 6.07 Å². The van der Waals surface area contributed by atoms with Gasteiger partial charge >= 0.3 is 0 Å². The molecular formula is C22H21F2N5O. The number of nitrogens with zero attached hydrogens (tertiary/aromatic N) is 4. The first-order valence-corrected chi connectivity index (χ1v) is 9.87. The van der Waals surface area contributed by atoms with Gasteiger partial charge in [-0.15, -0.1) is 0 Å². The van der Waals surface area contributed by atoms with Gasteiger partial charge in [-0.2, -0.15) is 5.26 Å². The number of hydrogen-bond donors (Lipinski definition) is 1. The highest BCUT2D eigenvalue weighted by Crippen LogP contribution is 2.24. The van der Waals surface area contributed by atoms with Gasteiger partial charge in [-0.05, 0) is 36.2 Å². The summed E-state index contributed by atoms with van der Waals surface area (Å²) in [6, 6.07) is 9.91. The molecule has 2 heterocycles. The van der Waals surface area contributed by atoms with Crippen LogP contribution in [0.15, 0.2) is 35.1 Å². The Morgan fingerprint density at radius 2 is 1.97 bits per heavy atom. The molecule has 154 valence electrons. The standard InChI is InChI=1S/C22H21F2N5O/c1-2-17-22(30)27-18-11-14(10-16(23)21(18)26-17)13-28-6-8-29(9-7-28)19-5-3-4-15(12-25)20(19)24/h3-5,10-11H,2,6-9,13H2,1H3,(H,27,30). The summed E-state index contributed by atoms with van der Waals surface area (Å²) in [6.45, 7) is 4.84. The van der Waals surface area contributed by atoms with Crippen LogP contribution in [0.25, 0.3) is 11.0 Å². The van der Waals surface area contributed by atoms with Crippen LogP contribution < -0.4 is 10.5 Å². The summed E-state index contributed by atoms with van der Waals surface area (Å²) >= 11 is 0. The Morgan fingerprint density at radius 1 is 1.20 bits per heavy atom. The van der Waals surface area contributed by atoms with E-state index in [0.717, 1.165) is 5.56 Å². The lowest BCUT2D eigenvalue weighted by molar-refractivity contribution is 0.249. The molecule has 8 heteroatoms. The molecule has 30 heavy (non-hydrogen) atoms. The number of aromatic nitrogens is 2. The quantitative estimate of drug-likeness (QED) is 0.717. The normalized spacial score (nSPS) is 14.8. The topological polar surface area (TPSA) is 76.0 Å². The zero-order chi connectivity index (χ0) is 21.3. The number of nitrogens with one attached hydrogen (secondary N) is 1. The minimum atomic E-state index is -0.493. The summed E-state index contributed by atoms with van der Waals surface area (Å²) in [5, 5.41) is 9.02. The average Bonchev–Trinajstić information content (AvgIpc) is 2.74. The number of aryl methyl sites for hydroxylation is 1. The molecule has 4 rings (SSSR count). The van der Waals surface area contributed by atoms with E-state index in [1.54, 1.807) is 25.1 Å². The smallest absolute Gasteiger partial charge is 0.270 e. The SMILES string of the molecule is CCc1nc2c(F)cc(CN3CCN(c4cccc(C#N)c4F)CC3)cc2[nH]c1=O. The largest absolute Gasteiger partial charge is 0.367 e. The number of rotatable bonds is 4. The first-order valence-electron chi connectivity index (χ1n) is 9.87. The first-order chi connectivity index (χ1) is 14.5. The van der Waals surface area contributed by atoms with Crippen molar-refractivity contribution in [2.45, 2.75) is 19.9 Å². The summed E-state index contributed by atoms with van der Waals surface area (Å²) in [5.74, 6) is -0.949. The summed E-state index contributed by atoms with van der Waals surface area (Å²) < 4.78 is 29.0. The molecule has 6 nitrogen and oxygen atoms in total. The molecule has 0 amide bonds.